The van der Waals surface area contributed by atoms with Gasteiger partial charge in [-0.25, -0.2) is 0 Å². The van der Waals surface area contributed by atoms with Crippen LogP contribution in [0.25, 0.3) is 0 Å². The SMILES string of the molecule is C=C(S)C(=O)N(C)C. The average molecular weight is 131 g/mol. The zero-order valence-electron chi connectivity index (χ0n) is 5.01. The number of amides is 1. The van der Waals surface area contributed by atoms with Crippen molar-refractivity contribution < 1.29 is 4.79 Å². The molecule has 0 aliphatic rings. The third kappa shape index (κ3) is 2.02. The number of hydrogen-bond donors (Lipinski definition) is 1. The topological polar surface area (TPSA) is 20.3 Å². The van der Waals surface area contributed by atoms with E-state index in [4.69, 9.17) is 0 Å². The van der Waals surface area contributed by atoms with E-state index in [0.29, 0.717) is 0 Å². The number of carbonyl (C=O) groups excluding carboxylic acids is 1. The first-order chi connectivity index (χ1) is 3.55. The Kier molecular flexibility index (Phi) is 2.62. The predicted molar refractivity (Wildman–Crippen MR) is 36.8 cm³/mol. The van der Waals surface area contributed by atoms with Crippen LogP contribution in [0.15, 0.2) is 11.5 Å². The van der Waals surface area contributed by atoms with Crippen LogP contribution in [0.1, 0.15) is 0 Å². The van der Waals surface area contributed by atoms with E-state index < -0.39 is 0 Å². The lowest BCUT2D eigenvalue weighted by Crippen LogP contribution is -2.20. The number of nitrogens with zero attached hydrogens (tertiary/aromatic N) is 1. The molecule has 0 saturated carbocycles. The van der Waals surface area contributed by atoms with E-state index in [1.165, 1.54) is 4.90 Å². The van der Waals surface area contributed by atoms with E-state index in [9.17, 15) is 4.79 Å². The average Bonchev–Trinajstić information content (AvgIpc) is 1.64. The van der Waals surface area contributed by atoms with Crippen molar-refractivity contribution >= 4 is 18.5 Å². The van der Waals surface area contributed by atoms with Crippen LogP contribution in [0, 0.1) is 0 Å². The van der Waals surface area contributed by atoms with Gasteiger partial charge < -0.3 is 4.90 Å². The smallest absolute Gasteiger partial charge is 0.258 e. The summed E-state index contributed by atoms with van der Waals surface area (Å²) in [6, 6.07) is 0. The number of rotatable bonds is 1. The van der Waals surface area contributed by atoms with Gasteiger partial charge in [0.15, 0.2) is 0 Å². The van der Waals surface area contributed by atoms with Crippen LogP contribution in [0.4, 0.5) is 0 Å². The molecule has 0 radical (unpaired) electrons. The molecule has 0 spiro atoms. The molecule has 0 unspecified atom stereocenters. The highest BCUT2D eigenvalue weighted by molar-refractivity contribution is 7.85. The van der Waals surface area contributed by atoms with E-state index >= 15 is 0 Å². The minimum atomic E-state index is -0.145. The number of likely N-dealkylation sites (N-methyl/N-ethyl adjacent to an activating group) is 1. The summed E-state index contributed by atoms with van der Waals surface area (Å²) in [6.07, 6.45) is 0. The lowest BCUT2D eigenvalue weighted by molar-refractivity contribution is -0.123. The lowest BCUT2D eigenvalue weighted by Gasteiger charge is -2.07. The minimum Gasteiger partial charge on any atom is -0.344 e. The molecule has 0 aliphatic heterocycles. The molecule has 3 heteroatoms. The molecule has 0 fully saturated rings. The van der Waals surface area contributed by atoms with Gasteiger partial charge in [0.1, 0.15) is 0 Å². The van der Waals surface area contributed by atoms with Crippen molar-refractivity contribution in [1.82, 2.24) is 4.90 Å². The van der Waals surface area contributed by atoms with Gasteiger partial charge in [0, 0.05) is 14.1 Å². The number of thiol groups is 1. The molecule has 0 aromatic carbocycles. The van der Waals surface area contributed by atoms with Crippen molar-refractivity contribution in [2.24, 2.45) is 0 Å². The molecule has 0 aromatic rings. The molecule has 0 saturated heterocycles. The first-order valence-corrected chi connectivity index (χ1v) is 2.60. The summed E-state index contributed by atoms with van der Waals surface area (Å²) in [4.78, 5) is 12.3. The Morgan fingerprint density at radius 1 is 1.62 bits per heavy atom. The van der Waals surface area contributed by atoms with Crippen molar-refractivity contribution in [1.29, 1.82) is 0 Å². The molecule has 0 aliphatic carbocycles. The fraction of sp³-hybridized carbons (Fsp3) is 0.400. The van der Waals surface area contributed by atoms with E-state index in [0.717, 1.165) is 0 Å². The van der Waals surface area contributed by atoms with E-state index in [1.54, 1.807) is 14.1 Å². The normalized spacial score (nSPS) is 8.38. The zero-order valence-corrected chi connectivity index (χ0v) is 5.90. The molecule has 1 amide bonds. The monoisotopic (exact) mass is 131 g/mol. The van der Waals surface area contributed by atoms with E-state index in [1.807, 2.05) is 0 Å². The van der Waals surface area contributed by atoms with Crippen molar-refractivity contribution in [2.45, 2.75) is 0 Å². The molecule has 0 N–H and O–H groups in total. The molecule has 0 rings (SSSR count). The lowest BCUT2D eigenvalue weighted by atomic mass is 10.5. The molecule has 46 valence electrons. The second kappa shape index (κ2) is 2.77. The maximum Gasteiger partial charge on any atom is 0.258 e. The van der Waals surface area contributed by atoms with Gasteiger partial charge in [0.25, 0.3) is 5.91 Å². The fourth-order valence-electron chi connectivity index (χ4n) is 0.258. The van der Waals surface area contributed by atoms with Gasteiger partial charge in [-0.05, 0) is 0 Å². The molecule has 0 aromatic heterocycles. The van der Waals surface area contributed by atoms with Crippen LogP contribution in [0.2, 0.25) is 0 Å². The Balaban J connectivity index is 3.84. The molecule has 2 nitrogen and oxygen atoms in total. The van der Waals surface area contributed by atoms with Crippen LogP contribution < -0.4 is 0 Å². The third-order valence-corrected chi connectivity index (χ3v) is 0.844. The van der Waals surface area contributed by atoms with Gasteiger partial charge in [-0.3, -0.25) is 4.79 Å². The Morgan fingerprint density at radius 2 is 2.00 bits per heavy atom. The molecular formula is C5H9NOS. The summed E-state index contributed by atoms with van der Waals surface area (Å²) in [7, 11) is 3.31. The first kappa shape index (κ1) is 7.56. The van der Waals surface area contributed by atoms with Crippen LogP contribution in [-0.4, -0.2) is 24.9 Å². The molecule has 0 atom stereocenters. The highest BCUT2D eigenvalue weighted by Gasteiger charge is 2.02. The standard InChI is InChI=1S/C5H9NOS/c1-4(8)5(7)6(2)3/h8H,1H2,2-3H3. The summed E-state index contributed by atoms with van der Waals surface area (Å²) in [5.74, 6) is -0.145. The second-order valence-electron chi connectivity index (χ2n) is 1.65. The van der Waals surface area contributed by atoms with Crippen molar-refractivity contribution in [3.63, 3.8) is 0 Å². The van der Waals surface area contributed by atoms with Gasteiger partial charge in [-0.15, -0.1) is 12.6 Å². The quantitative estimate of drug-likeness (QED) is 0.406. The van der Waals surface area contributed by atoms with Crippen LogP contribution >= 0.6 is 12.6 Å². The molecule has 8 heavy (non-hydrogen) atoms. The Hall–Kier alpha value is -0.440. The van der Waals surface area contributed by atoms with Crippen molar-refractivity contribution in [3.8, 4) is 0 Å². The fourth-order valence-corrected chi connectivity index (χ4v) is 0.458. The van der Waals surface area contributed by atoms with Crippen LogP contribution in [-0.2, 0) is 4.79 Å². The van der Waals surface area contributed by atoms with Crippen molar-refractivity contribution in [2.75, 3.05) is 14.1 Å². The maximum atomic E-state index is 10.6. The molecular weight excluding hydrogens is 122 g/mol. The third-order valence-electron chi connectivity index (χ3n) is 0.653. The minimum absolute atomic E-state index is 0.145. The first-order valence-electron chi connectivity index (χ1n) is 2.15. The zero-order chi connectivity index (χ0) is 6.73. The number of carbonyl (C=O) groups is 1. The van der Waals surface area contributed by atoms with Crippen LogP contribution in [0.3, 0.4) is 0 Å². The van der Waals surface area contributed by atoms with Gasteiger partial charge in [-0.1, -0.05) is 6.58 Å². The van der Waals surface area contributed by atoms with Gasteiger partial charge in [-0.2, -0.15) is 0 Å². The van der Waals surface area contributed by atoms with Gasteiger partial charge in [0.05, 0.1) is 4.91 Å². The summed E-state index contributed by atoms with van der Waals surface area (Å²) in [6.45, 7) is 3.35. The summed E-state index contributed by atoms with van der Waals surface area (Å²) < 4.78 is 0. The second-order valence-corrected chi connectivity index (χ2v) is 2.19. The maximum absolute atomic E-state index is 10.6. The molecule has 0 bridgehead atoms. The van der Waals surface area contributed by atoms with Crippen LogP contribution in [0.5, 0.6) is 0 Å². The van der Waals surface area contributed by atoms with Gasteiger partial charge >= 0.3 is 0 Å². The Morgan fingerprint density at radius 3 is 2.00 bits per heavy atom. The Bertz CT molecular complexity index is 120. The number of hydrogen-bond acceptors (Lipinski definition) is 2. The largest absolute Gasteiger partial charge is 0.344 e. The van der Waals surface area contributed by atoms with E-state index in [2.05, 4.69) is 19.2 Å². The highest BCUT2D eigenvalue weighted by atomic mass is 32.1. The summed E-state index contributed by atoms with van der Waals surface area (Å²) >= 11 is 3.75. The predicted octanol–water partition coefficient (Wildman–Crippen LogP) is 0.518. The summed E-state index contributed by atoms with van der Waals surface area (Å²) in [5.41, 5.74) is 0. The van der Waals surface area contributed by atoms with Crippen molar-refractivity contribution in [3.05, 3.63) is 11.5 Å². The summed E-state index contributed by atoms with van der Waals surface area (Å²) in [5, 5.41) is 0. The Labute approximate surface area is 54.6 Å². The molecule has 0 heterocycles. The van der Waals surface area contributed by atoms with Gasteiger partial charge in [0.2, 0.25) is 0 Å². The highest BCUT2D eigenvalue weighted by Crippen LogP contribution is 1.97. The van der Waals surface area contributed by atoms with E-state index in [-0.39, 0.29) is 10.8 Å².